The van der Waals surface area contributed by atoms with Gasteiger partial charge < -0.3 is 10.1 Å². The van der Waals surface area contributed by atoms with Crippen LogP contribution in [-0.4, -0.2) is 36.6 Å². The van der Waals surface area contributed by atoms with Gasteiger partial charge in [-0.1, -0.05) is 20.8 Å². The summed E-state index contributed by atoms with van der Waals surface area (Å²) < 4.78 is 7.47. The molecule has 0 fully saturated rings. The summed E-state index contributed by atoms with van der Waals surface area (Å²) in [6.45, 7) is 9.17. The number of hydrogen-bond acceptors (Lipinski definition) is 3. The molecule has 0 aliphatic rings. The number of rotatable bonds is 9. The SMILES string of the molecule is CCCNCC(COC)n1nc(CC)cc1CC. The van der Waals surface area contributed by atoms with Crippen molar-refractivity contribution >= 4 is 0 Å². The van der Waals surface area contributed by atoms with Crippen molar-refractivity contribution in [2.24, 2.45) is 0 Å². The van der Waals surface area contributed by atoms with E-state index in [-0.39, 0.29) is 6.04 Å². The molecule has 1 aromatic rings. The Hall–Kier alpha value is -0.870. The maximum absolute atomic E-state index is 5.33. The largest absolute Gasteiger partial charge is 0.382 e. The number of aryl methyl sites for hydroxylation is 2. The second-order valence-corrected chi connectivity index (χ2v) is 4.59. The van der Waals surface area contributed by atoms with Gasteiger partial charge in [0.1, 0.15) is 0 Å². The maximum atomic E-state index is 5.33. The summed E-state index contributed by atoms with van der Waals surface area (Å²) in [5.41, 5.74) is 2.47. The van der Waals surface area contributed by atoms with E-state index in [1.54, 1.807) is 7.11 Å². The van der Waals surface area contributed by atoms with Gasteiger partial charge in [-0.05, 0) is 31.9 Å². The van der Waals surface area contributed by atoms with Gasteiger partial charge in [-0.2, -0.15) is 5.10 Å². The van der Waals surface area contributed by atoms with Crippen molar-refractivity contribution in [1.29, 1.82) is 0 Å². The molecule has 1 atom stereocenters. The molecule has 18 heavy (non-hydrogen) atoms. The molecule has 0 saturated carbocycles. The predicted molar refractivity (Wildman–Crippen MR) is 75.1 cm³/mol. The molecule has 1 aromatic heterocycles. The van der Waals surface area contributed by atoms with Gasteiger partial charge in [0.25, 0.3) is 0 Å². The summed E-state index contributed by atoms with van der Waals surface area (Å²) in [4.78, 5) is 0. The lowest BCUT2D eigenvalue weighted by molar-refractivity contribution is 0.146. The summed E-state index contributed by atoms with van der Waals surface area (Å²) in [7, 11) is 1.75. The van der Waals surface area contributed by atoms with Crippen LogP contribution in [-0.2, 0) is 17.6 Å². The zero-order chi connectivity index (χ0) is 13.4. The Morgan fingerprint density at radius 3 is 2.67 bits per heavy atom. The van der Waals surface area contributed by atoms with Crippen molar-refractivity contribution in [2.45, 2.75) is 46.1 Å². The maximum Gasteiger partial charge on any atom is 0.0879 e. The molecule has 0 bridgehead atoms. The minimum Gasteiger partial charge on any atom is -0.382 e. The third-order valence-corrected chi connectivity index (χ3v) is 3.10. The third-order valence-electron chi connectivity index (χ3n) is 3.10. The highest BCUT2D eigenvalue weighted by atomic mass is 16.5. The molecule has 1 N–H and O–H groups in total. The van der Waals surface area contributed by atoms with Crippen LogP contribution < -0.4 is 5.32 Å². The highest BCUT2D eigenvalue weighted by molar-refractivity contribution is 5.11. The van der Waals surface area contributed by atoms with Crippen molar-refractivity contribution in [3.05, 3.63) is 17.5 Å². The Labute approximate surface area is 111 Å². The van der Waals surface area contributed by atoms with E-state index in [1.165, 1.54) is 11.4 Å². The van der Waals surface area contributed by atoms with Crippen LogP contribution in [0.3, 0.4) is 0 Å². The number of hydrogen-bond donors (Lipinski definition) is 1. The standard InChI is InChI=1S/C14H27N3O/c1-5-8-15-10-14(11-18-4)17-13(7-3)9-12(6-2)16-17/h9,14-15H,5-8,10-11H2,1-4H3. The van der Waals surface area contributed by atoms with Crippen LogP contribution in [0, 0.1) is 0 Å². The van der Waals surface area contributed by atoms with E-state index in [4.69, 9.17) is 9.84 Å². The van der Waals surface area contributed by atoms with Crippen LogP contribution in [0.15, 0.2) is 6.07 Å². The van der Waals surface area contributed by atoms with Gasteiger partial charge in [-0.25, -0.2) is 0 Å². The average molecular weight is 253 g/mol. The average Bonchev–Trinajstić information content (AvgIpc) is 2.81. The fraction of sp³-hybridized carbons (Fsp3) is 0.786. The first-order valence-corrected chi connectivity index (χ1v) is 7.03. The van der Waals surface area contributed by atoms with Gasteiger partial charge in [0.15, 0.2) is 0 Å². The smallest absolute Gasteiger partial charge is 0.0879 e. The van der Waals surface area contributed by atoms with Gasteiger partial charge in [0.2, 0.25) is 0 Å². The molecule has 0 spiro atoms. The van der Waals surface area contributed by atoms with Crippen LogP contribution in [0.25, 0.3) is 0 Å². The minimum atomic E-state index is 0.289. The van der Waals surface area contributed by atoms with Gasteiger partial charge in [0.05, 0.1) is 18.3 Å². The summed E-state index contributed by atoms with van der Waals surface area (Å²) in [6, 6.07) is 2.50. The topological polar surface area (TPSA) is 39.1 Å². The molecule has 0 aromatic carbocycles. The monoisotopic (exact) mass is 253 g/mol. The molecule has 4 heteroatoms. The van der Waals surface area contributed by atoms with Crippen molar-refractivity contribution in [2.75, 3.05) is 26.8 Å². The first-order chi connectivity index (χ1) is 8.76. The lowest BCUT2D eigenvalue weighted by atomic mass is 10.2. The Kier molecular flexibility index (Phi) is 6.98. The summed E-state index contributed by atoms with van der Waals surface area (Å²) >= 11 is 0. The van der Waals surface area contributed by atoms with E-state index in [0.717, 1.165) is 32.4 Å². The highest BCUT2D eigenvalue weighted by Crippen LogP contribution is 2.13. The molecule has 1 heterocycles. The lowest BCUT2D eigenvalue weighted by Crippen LogP contribution is -2.30. The first-order valence-electron chi connectivity index (χ1n) is 7.03. The first kappa shape index (κ1) is 15.2. The second-order valence-electron chi connectivity index (χ2n) is 4.59. The number of nitrogens with one attached hydrogen (secondary N) is 1. The lowest BCUT2D eigenvalue weighted by Gasteiger charge is -2.19. The van der Waals surface area contributed by atoms with E-state index in [2.05, 4.69) is 36.8 Å². The van der Waals surface area contributed by atoms with Gasteiger partial charge >= 0.3 is 0 Å². The number of methoxy groups -OCH3 is 1. The Bertz CT molecular complexity index is 336. The normalized spacial score (nSPS) is 12.9. The molecule has 0 saturated heterocycles. The van der Waals surface area contributed by atoms with Gasteiger partial charge in [-0.15, -0.1) is 0 Å². The second kappa shape index (κ2) is 8.27. The van der Waals surface area contributed by atoms with Crippen molar-refractivity contribution in [1.82, 2.24) is 15.1 Å². The van der Waals surface area contributed by atoms with Crippen LogP contribution >= 0.6 is 0 Å². The highest BCUT2D eigenvalue weighted by Gasteiger charge is 2.15. The predicted octanol–water partition coefficient (Wildman–Crippen LogP) is 2.19. The summed E-state index contributed by atoms with van der Waals surface area (Å²) in [5, 5.41) is 8.15. The molecule has 0 radical (unpaired) electrons. The van der Waals surface area contributed by atoms with Crippen LogP contribution in [0.2, 0.25) is 0 Å². The number of ether oxygens (including phenoxy) is 1. The summed E-state index contributed by atoms with van der Waals surface area (Å²) in [5.74, 6) is 0. The Morgan fingerprint density at radius 2 is 2.11 bits per heavy atom. The van der Waals surface area contributed by atoms with E-state index < -0.39 is 0 Å². The zero-order valence-corrected chi connectivity index (χ0v) is 12.2. The van der Waals surface area contributed by atoms with Crippen LogP contribution in [0.1, 0.15) is 44.6 Å². The molecule has 4 nitrogen and oxygen atoms in total. The van der Waals surface area contributed by atoms with E-state index >= 15 is 0 Å². The molecule has 0 amide bonds. The van der Waals surface area contributed by atoms with E-state index in [9.17, 15) is 0 Å². The Morgan fingerprint density at radius 1 is 1.33 bits per heavy atom. The fourth-order valence-corrected chi connectivity index (χ4v) is 2.10. The number of nitrogens with zero attached hydrogens (tertiary/aromatic N) is 2. The third kappa shape index (κ3) is 4.10. The zero-order valence-electron chi connectivity index (χ0n) is 12.2. The molecule has 0 aliphatic heterocycles. The summed E-state index contributed by atoms with van der Waals surface area (Å²) in [6.07, 6.45) is 3.16. The molecule has 0 aliphatic carbocycles. The van der Waals surface area contributed by atoms with Gasteiger partial charge in [0, 0.05) is 19.3 Å². The van der Waals surface area contributed by atoms with Gasteiger partial charge in [-0.3, -0.25) is 4.68 Å². The number of aromatic nitrogens is 2. The molecule has 1 unspecified atom stereocenters. The quantitative estimate of drug-likeness (QED) is 0.686. The molecule has 1 rings (SSSR count). The van der Waals surface area contributed by atoms with E-state index in [1.807, 2.05) is 0 Å². The minimum absolute atomic E-state index is 0.289. The molecular formula is C14H27N3O. The van der Waals surface area contributed by atoms with Crippen LogP contribution in [0.4, 0.5) is 0 Å². The van der Waals surface area contributed by atoms with Crippen molar-refractivity contribution in [3.8, 4) is 0 Å². The fourth-order valence-electron chi connectivity index (χ4n) is 2.10. The van der Waals surface area contributed by atoms with Crippen molar-refractivity contribution < 1.29 is 4.74 Å². The van der Waals surface area contributed by atoms with E-state index in [0.29, 0.717) is 6.61 Å². The Balaban J connectivity index is 2.78. The van der Waals surface area contributed by atoms with Crippen LogP contribution in [0.5, 0.6) is 0 Å². The van der Waals surface area contributed by atoms with Crippen molar-refractivity contribution in [3.63, 3.8) is 0 Å². The molecule has 104 valence electrons. The molecular weight excluding hydrogens is 226 g/mol.